The molecule has 0 unspecified atom stereocenters. The van der Waals surface area contributed by atoms with E-state index in [0.717, 1.165) is 48.6 Å². The van der Waals surface area contributed by atoms with Crippen LogP contribution in [-0.2, 0) is 11.3 Å². The lowest BCUT2D eigenvalue weighted by atomic mass is 9.95. The third kappa shape index (κ3) is 4.97. The van der Waals surface area contributed by atoms with Gasteiger partial charge in [0, 0.05) is 42.2 Å². The molecule has 1 aromatic heterocycles. The Labute approximate surface area is 182 Å². The van der Waals surface area contributed by atoms with E-state index in [9.17, 15) is 4.79 Å². The molecule has 0 saturated carbocycles. The zero-order chi connectivity index (χ0) is 20.9. The highest BCUT2D eigenvalue weighted by Gasteiger charge is 2.25. The second kappa shape index (κ2) is 9.26. The molecule has 6 heteroatoms. The summed E-state index contributed by atoms with van der Waals surface area (Å²) < 4.78 is 0. The minimum Gasteiger partial charge on any atom is -0.356 e. The van der Waals surface area contributed by atoms with Gasteiger partial charge >= 0.3 is 0 Å². The zero-order valence-electron chi connectivity index (χ0n) is 17.0. The van der Waals surface area contributed by atoms with E-state index in [0.29, 0.717) is 11.6 Å². The summed E-state index contributed by atoms with van der Waals surface area (Å²) in [6.07, 6.45) is 3.25. The average Bonchev–Trinajstić information content (AvgIpc) is 2.79. The van der Waals surface area contributed by atoms with Gasteiger partial charge in [0.2, 0.25) is 5.91 Å². The monoisotopic (exact) mass is 420 g/mol. The van der Waals surface area contributed by atoms with Crippen LogP contribution in [0.5, 0.6) is 0 Å². The molecule has 0 atom stereocenters. The van der Waals surface area contributed by atoms with Gasteiger partial charge in [-0.05, 0) is 37.5 Å². The van der Waals surface area contributed by atoms with E-state index < -0.39 is 0 Å². The number of aromatic nitrogens is 2. The fourth-order valence-corrected chi connectivity index (χ4v) is 3.83. The summed E-state index contributed by atoms with van der Waals surface area (Å²) in [7, 11) is 0. The van der Waals surface area contributed by atoms with Crippen LogP contribution in [0.3, 0.4) is 0 Å². The fraction of sp³-hybridized carbons (Fsp3) is 0.292. The SMILES string of the molecule is Cc1ccc(-c2cc(N3CCC(C(=O)NCc4ccc(Cl)cc4)CC3)ncn2)cc1. The van der Waals surface area contributed by atoms with E-state index in [1.807, 2.05) is 30.3 Å². The van der Waals surface area contributed by atoms with Crippen molar-refractivity contribution >= 4 is 23.3 Å². The van der Waals surface area contributed by atoms with Crippen molar-refractivity contribution in [2.24, 2.45) is 5.92 Å². The van der Waals surface area contributed by atoms with Crippen LogP contribution in [0.4, 0.5) is 5.82 Å². The predicted molar refractivity (Wildman–Crippen MR) is 120 cm³/mol. The molecule has 4 rings (SSSR count). The van der Waals surface area contributed by atoms with Gasteiger partial charge in [-0.2, -0.15) is 0 Å². The van der Waals surface area contributed by atoms with Crippen LogP contribution in [0.2, 0.25) is 5.02 Å². The molecular formula is C24H25ClN4O. The number of anilines is 1. The highest BCUT2D eigenvalue weighted by Crippen LogP contribution is 2.25. The van der Waals surface area contributed by atoms with Crippen LogP contribution in [0.1, 0.15) is 24.0 Å². The van der Waals surface area contributed by atoms with E-state index in [1.54, 1.807) is 6.33 Å². The van der Waals surface area contributed by atoms with Gasteiger partial charge in [-0.3, -0.25) is 4.79 Å². The van der Waals surface area contributed by atoms with E-state index in [-0.39, 0.29) is 11.8 Å². The largest absolute Gasteiger partial charge is 0.356 e. The fourth-order valence-electron chi connectivity index (χ4n) is 3.71. The molecule has 0 bridgehead atoms. The van der Waals surface area contributed by atoms with Crippen molar-refractivity contribution in [3.8, 4) is 11.3 Å². The molecule has 2 aromatic carbocycles. The molecule has 0 radical (unpaired) electrons. The first-order chi connectivity index (χ1) is 14.6. The van der Waals surface area contributed by atoms with Gasteiger partial charge in [0.05, 0.1) is 5.69 Å². The lowest BCUT2D eigenvalue weighted by molar-refractivity contribution is -0.125. The Morgan fingerprint density at radius 3 is 2.47 bits per heavy atom. The summed E-state index contributed by atoms with van der Waals surface area (Å²) >= 11 is 5.91. The third-order valence-electron chi connectivity index (χ3n) is 5.57. The molecule has 1 aliphatic heterocycles. The lowest BCUT2D eigenvalue weighted by Gasteiger charge is -2.32. The topological polar surface area (TPSA) is 58.1 Å². The number of hydrogen-bond acceptors (Lipinski definition) is 4. The Balaban J connectivity index is 1.33. The Bertz CT molecular complexity index is 996. The van der Waals surface area contributed by atoms with Gasteiger partial charge in [0.15, 0.2) is 0 Å². The summed E-state index contributed by atoms with van der Waals surface area (Å²) in [5, 5.41) is 3.75. The van der Waals surface area contributed by atoms with Crippen molar-refractivity contribution in [2.75, 3.05) is 18.0 Å². The summed E-state index contributed by atoms with van der Waals surface area (Å²) in [5.41, 5.74) is 4.28. The number of carbonyl (C=O) groups is 1. The van der Waals surface area contributed by atoms with Crippen molar-refractivity contribution in [2.45, 2.75) is 26.3 Å². The smallest absolute Gasteiger partial charge is 0.223 e. The molecule has 1 aliphatic rings. The number of nitrogens with zero attached hydrogens (tertiary/aromatic N) is 3. The van der Waals surface area contributed by atoms with Crippen molar-refractivity contribution < 1.29 is 4.79 Å². The minimum absolute atomic E-state index is 0.0342. The van der Waals surface area contributed by atoms with Crippen LogP contribution in [0.15, 0.2) is 60.9 Å². The van der Waals surface area contributed by atoms with Crippen molar-refractivity contribution in [3.05, 3.63) is 77.1 Å². The Hall–Kier alpha value is -2.92. The number of benzene rings is 2. The molecule has 0 aliphatic carbocycles. The van der Waals surface area contributed by atoms with E-state index in [1.165, 1.54) is 5.56 Å². The highest BCUT2D eigenvalue weighted by molar-refractivity contribution is 6.30. The third-order valence-corrected chi connectivity index (χ3v) is 5.82. The Kier molecular flexibility index (Phi) is 6.29. The first kappa shape index (κ1) is 20.4. The molecule has 3 aromatic rings. The van der Waals surface area contributed by atoms with Gasteiger partial charge in [0.25, 0.3) is 0 Å². The maximum Gasteiger partial charge on any atom is 0.223 e. The molecule has 1 N–H and O–H groups in total. The normalized spacial score (nSPS) is 14.5. The van der Waals surface area contributed by atoms with Crippen molar-refractivity contribution in [1.29, 1.82) is 0 Å². The summed E-state index contributed by atoms with van der Waals surface area (Å²) in [6, 6.07) is 17.9. The zero-order valence-corrected chi connectivity index (χ0v) is 17.8. The van der Waals surface area contributed by atoms with Crippen LogP contribution < -0.4 is 10.2 Å². The maximum atomic E-state index is 12.6. The summed E-state index contributed by atoms with van der Waals surface area (Å²) in [6.45, 7) is 4.22. The first-order valence-corrected chi connectivity index (χ1v) is 10.6. The molecule has 154 valence electrons. The van der Waals surface area contributed by atoms with E-state index in [2.05, 4.69) is 51.4 Å². The molecule has 0 spiro atoms. The lowest BCUT2D eigenvalue weighted by Crippen LogP contribution is -2.40. The highest BCUT2D eigenvalue weighted by atomic mass is 35.5. The van der Waals surface area contributed by atoms with Crippen LogP contribution in [0.25, 0.3) is 11.3 Å². The van der Waals surface area contributed by atoms with E-state index >= 15 is 0 Å². The minimum atomic E-state index is 0.0342. The number of piperidine rings is 1. The average molecular weight is 421 g/mol. The van der Waals surface area contributed by atoms with Gasteiger partial charge in [0.1, 0.15) is 12.1 Å². The molecule has 5 nitrogen and oxygen atoms in total. The second-order valence-electron chi connectivity index (χ2n) is 7.73. The first-order valence-electron chi connectivity index (χ1n) is 10.2. The standard InChI is InChI=1S/C24H25ClN4O/c1-17-2-6-19(7-3-17)22-14-23(28-16-27-22)29-12-10-20(11-13-29)24(30)26-15-18-4-8-21(25)9-5-18/h2-9,14,16,20H,10-13,15H2,1H3,(H,26,30). The van der Waals surface area contributed by atoms with Gasteiger partial charge < -0.3 is 10.2 Å². The maximum absolute atomic E-state index is 12.6. The number of carbonyl (C=O) groups excluding carboxylic acids is 1. The van der Waals surface area contributed by atoms with Gasteiger partial charge in [-0.25, -0.2) is 9.97 Å². The molecule has 1 fully saturated rings. The van der Waals surface area contributed by atoms with Crippen molar-refractivity contribution in [1.82, 2.24) is 15.3 Å². The molecule has 1 amide bonds. The number of rotatable bonds is 5. The Morgan fingerprint density at radius 2 is 1.77 bits per heavy atom. The van der Waals surface area contributed by atoms with E-state index in [4.69, 9.17) is 11.6 Å². The number of hydrogen-bond donors (Lipinski definition) is 1. The van der Waals surface area contributed by atoms with Gasteiger partial charge in [-0.1, -0.05) is 53.6 Å². The quantitative estimate of drug-likeness (QED) is 0.653. The molecule has 30 heavy (non-hydrogen) atoms. The predicted octanol–water partition coefficient (Wildman–Crippen LogP) is 4.64. The van der Waals surface area contributed by atoms with Crippen molar-refractivity contribution in [3.63, 3.8) is 0 Å². The molecule has 1 saturated heterocycles. The van der Waals surface area contributed by atoms with Crippen LogP contribution in [-0.4, -0.2) is 29.0 Å². The molecule has 2 heterocycles. The number of aryl methyl sites for hydroxylation is 1. The summed E-state index contributed by atoms with van der Waals surface area (Å²) in [5.74, 6) is 1.07. The van der Waals surface area contributed by atoms with Crippen LogP contribution in [0, 0.1) is 12.8 Å². The molecular weight excluding hydrogens is 396 g/mol. The van der Waals surface area contributed by atoms with Gasteiger partial charge in [-0.15, -0.1) is 0 Å². The number of halogens is 1. The second-order valence-corrected chi connectivity index (χ2v) is 8.17. The number of amides is 1. The van der Waals surface area contributed by atoms with Crippen LogP contribution >= 0.6 is 11.6 Å². The Morgan fingerprint density at radius 1 is 1.07 bits per heavy atom. The summed E-state index contributed by atoms with van der Waals surface area (Å²) in [4.78, 5) is 23.7. The number of nitrogens with one attached hydrogen (secondary N) is 1.